The third-order valence-corrected chi connectivity index (χ3v) is 5.42. The second kappa shape index (κ2) is 5.73. The summed E-state index contributed by atoms with van der Waals surface area (Å²) in [6.45, 7) is 11.2. The quantitative estimate of drug-likeness (QED) is 0.549. The summed E-state index contributed by atoms with van der Waals surface area (Å²) in [5, 5.41) is 2.57. The molecule has 0 saturated heterocycles. The van der Waals surface area contributed by atoms with E-state index in [1.54, 1.807) is 0 Å². The Balaban J connectivity index is 2.17. The Morgan fingerprint density at radius 1 is 0.609 bits per heavy atom. The molecule has 3 rings (SSSR count). The van der Waals surface area contributed by atoms with Crippen molar-refractivity contribution in [3.05, 3.63) is 70.3 Å². The lowest BCUT2D eigenvalue weighted by Crippen LogP contribution is -2.14. The van der Waals surface area contributed by atoms with Gasteiger partial charge in [0.2, 0.25) is 0 Å². The zero-order chi connectivity index (χ0) is 16.7. The van der Waals surface area contributed by atoms with E-state index in [1.807, 2.05) is 0 Å². The number of anilines is 2. The summed E-state index contributed by atoms with van der Waals surface area (Å²) in [6, 6.07) is 15.2. The number of rotatable bonds is 2. The topological polar surface area (TPSA) is 3.24 Å². The fraction of sp³-hybridized carbons (Fsp3) is 0.273. The van der Waals surface area contributed by atoms with Gasteiger partial charge in [-0.25, -0.2) is 0 Å². The Labute approximate surface area is 139 Å². The van der Waals surface area contributed by atoms with Crippen LogP contribution in [0.2, 0.25) is 0 Å². The van der Waals surface area contributed by atoms with Gasteiger partial charge in [-0.15, -0.1) is 0 Å². The van der Waals surface area contributed by atoms with Crippen LogP contribution in [0.15, 0.2) is 42.5 Å². The highest BCUT2D eigenvalue weighted by atomic mass is 15.1. The van der Waals surface area contributed by atoms with Crippen molar-refractivity contribution < 1.29 is 0 Å². The molecule has 23 heavy (non-hydrogen) atoms. The van der Waals surface area contributed by atoms with Crippen LogP contribution in [-0.4, -0.2) is 7.05 Å². The molecular formula is C22H25N. The lowest BCUT2D eigenvalue weighted by molar-refractivity contribution is 1.10. The van der Waals surface area contributed by atoms with Gasteiger partial charge < -0.3 is 4.90 Å². The van der Waals surface area contributed by atoms with Crippen LogP contribution >= 0.6 is 0 Å². The molecule has 3 aromatic carbocycles. The fourth-order valence-electron chi connectivity index (χ4n) is 3.50. The lowest BCUT2D eigenvalue weighted by atomic mass is 9.92. The normalized spacial score (nSPS) is 11.0. The average molecular weight is 303 g/mol. The summed E-state index contributed by atoms with van der Waals surface area (Å²) >= 11 is 0. The zero-order valence-electron chi connectivity index (χ0n) is 15.0. The van der Waals surface area contributed by atoms with E-state index in [0.29, 0.717) is 0 Å². The van der Waals surface area contributed by atoms with Crippen molar-refractivity contribution in [3.8, 4) is 0 Å². The maximum absolute atomic E-state index is 2.33. The first kappa shape index (κ1) is 15.6. The number of hydrogen-bond acceptors (Lipinski definition) is 1. The largest absolute Gasteiger partial charge is 0.344 e. The molecule has 0 heterocycles. The molecule has 0 aliphatic heterocycles. The van der Waals surface area contributed by atoms with E-state index in [2.05, 4.69) is 89.0 Å². The summed E-state index contributed by atoms with van der Waals surface area (Å²) in [4.78, 5) is 2.33. The van der Waals surface area contributed by atoms with Gasteiger partial charge in [-0.05, 0) is 85.3 Å². The Hall–Kier alpha value is -2.28. The van der Waals surface area contributed by atoms with Gasteiger partial charge in [-0.2, -0.15) is 0 Å². The van der Waals surface area contributed by atoms with Gasteiger partial charge in [-0.1, -0.05) is 30.3 Å². The van der Waals surface area contributed by atoms with E-state index in [4.69, 9.17) is 0 Å². The highest BCUT2D eigenvalue weighted by molar-refractivity contribution is 5.87. The molecule has 118 valence electrons. The molecule has 0 spiro atoms. The smallest absolute Gasteiger partial charge is 0.0473 e. The molecule has 0 aliphatic rings. The van der Waals surface area contributed by atoms with Crippen LogP contribution in [0, 0.1) is 34.6 Å². The zero-order valence-corrected chi connectivity index (χ0v) is 15.0. The first-order valence-corrected chi connectivity index (χ1v) is 8.21. The van der Waals surface area contributed by atoms with Gasteiger partial charge >= 0.3 is 0 Å². The van der Waals surface area contributed by atoms with E-state index in [-0.39, 0.29) is 0 Å². The van der Waals surface area contributed by atoms with Gasteiger partial charge in [0.05, 0.1) is 0 Å². The van der Waals surface area contributed by atoms with Crippen molar-refractivity contribution in [3.63, 3.8) is 0 Å². The molecule has 0 aliphatic carbocycles. The Morgan fingerprint density at radius 2 is 1.13 bits per heavy atom. The predicted octanol–water partition coefficient (Wildman–Crippen LogP) is 6.15. The van der Waals surface area contributed by atoms with Gasteiger partial charge in [0, 0.05) is 18.4 Å². The first-order valence-electron chi connectivity index (χ1n) is 8.21. The number of benzene rings is 3. The van der Waals surface area contributed by atoms with Crippen LogP contribution in [0.5, 0.6) is 0 Å². The van der Waals surface area contributed by atoms with Crippen molar-refractivity contribution in [2.75, 3.05) is 11.9 Å². The molecule has 0 N–H and O–H groups in total. The number of nitrogens with zero attached hydrogens (tertiary/aromatic N) is 1. The first-order chi connectivity index (χ1) is 10.9. The van der Waals surface area contributed by atoms with E-state index in [1.165, 1.54) is 50.0 Å². The van der Waals surface area contributed by atoms with Gasteiger partial charge in [0.1, 0.15) is 0 Å². The second-order valence-electron chi connectivity index (χ2n) is 6.56. The minimum Gasteiger partial charge on any atom is -0.344 e. The molecular weight excluding hydrogens is 278 g/mol. The van der Waals surface area contributed by atoms with Crippen molar-refractivity contribution >= 4 is 22.1 Å². The molecule has 3 aromatic rings. The summed E-state index contributed by atoms with van der Waals surface area (Å²) < 4.78 is 0. The van der Waals surface area contributed by atoms with Crippen molar-refractivity contribution in [2.24, 2.45) is 0 Å². The summed E-state index contributed by atoms with van der Waals surface area (Å²) in [7, 11) is 2.17. The van der Waals surface area contributed by atoms with E-state index in [9.17, 15) is 0 Å². The van der Waals surface area contributed by atoms with E-state index in [0.717, 1.165) is 0 Å². The lowest BCUT2D eigenvalue weighted by Gasteiger charge is -2.27. The highest BCUT2D eigenvalue weighted by Gasteiger charge is 2.16. The Morgan fingerprint density at radius 3 is 1.74 bits per heavy atom. The number of hydrogen-bond donors (Lipinski definition) is 0. The van der Waals surface area contributed by atoms with Crippen LogP contribution in [0.1, 0.15) is 27.8 Å². The molecule has 0 fully saturated rings. The molecule has 1 heteroatoms. The summed E-state index contributed by atoms with van der Waals surface area (Å²) in [5.41, 5.74) is 9.53. The van der Waals surface area contributed by atoms with Crippen LogP contribution in [0.25, 0.3) is 10.8 Å². The van der Waals surface area contributed by atoms with Crippen LogP contribution in [-0.2, 0) is 0 Å². The summed E-state index contributed by atoms with van der Waals surface area (Å²) in [5.74, 6) is 0. The second-order valence-corrected chi connectivity index (χ2v) is 6.56. The minimum atomic E-state index is 1.23. The fourth-order valence-corrected chi connectivity index (χ4v) is 3.50. The van der Waals surface area contributed by atoms with Crippen molar-refractivity contribution in [2.45, 2.75) is 34.6 Å². The van der Waals surface area contributed by atoms with E-state index >= 15 is 0 Å². The van der Waals surface area contributed by atoms with Crippen molar-refractivity contribution in [1.82, 2.24) is 0 Å². The van der Waals surface area contributed by atoms with Crippen LogP contribution in [0.3, 0.4) is 0 Å². The average Bonchev–Trinajstić information content (AvgIpc) is 2.57. The molecule has 0 saturated carbocycles. The predicted molar refractivity (Wildman–Crippen MR) is 102 cm³/mol. The highest BCUT2D eigenvalue weighted by Crippen LogP contribution is 2.36. The Bertz CT molecular complexity index is 861. The van der Waals surface area contributed by atoms with Crippen LogP contribution in [0.4, 0.5) is 11.4 Å². The van der Waals surface area contributed by atoms with Gasteiger partial charge in [-0.3, -0.25) is 0 Å². The molecule has 0 radical (unpaired) electrons. The standard InChI is InChI=1S/C22H25N/c1-14-15(2)17(4)22(18(5)16(14)3)23(6)21-12-11-19-9-7-8-10-20(19)13-21/h7-13H,1-6H3. The maximum Gasteiger partial charge on any atom is 0.0473 e. The van der Waals surface area contributed by atoms with Crippen LogP contribution < -0.4 is 4.90 Å². The third kappa shape index (κ3) is 2.50. The Kier molecular flexibility index (Phi) is 3.89. The molecule has 0 bridgehead atoms. The SMILES string of the molecule is Cc1c(C)c(C)c(N(C)c2ccc3ccccc3c2)c(C)c1C. The summed E-state index contributed by atoms with van der Waals surface area (Å²) in [6.07, 6.45) is 0. The van der Waals surface area contributed by atoms with Crippen molar-refractivity contribution in [1.29, 1.82) is 0 Å². The van der Waals surface area contributed by atoms with Gasteiger partial charge in [0.25, 0.3) is 0 Å². The molecule has 0 atom stereocenters. The molecule has 0 aromatic heterocycles. The third-order valence-electron chi connectivity index (χ3n) is 5.42. The monoisotopic (exact) mass is 303 g/mol. The van der Waals surface area contributed by atoms with E-state index < -0.39 is 0 Å². The molecule has 1 nitrogen and oxygen atoms in total. The molecule has 0 unspecified atom stereocenters. The maximum atomic E-state index is 2.33. The van der Waals surface area contributed by atoms with Gasteiger partial charge in [0.15, 0.2) is 0 Å². The number of fused-ring (bicyclic) bond motifs is 1. The minimum absolute atomic E-state index is 1.23. The molecule has 0 amide bonds.